The van der Waals surface area contributed by atoms with Crippen LogP contribution in [0.5, 0.6) is 0 Å². The molecule has 1 fully saturated rings. The molecular formula is C13H24N2O3. The van der Waals surface area contributed by atoms with Crippen LogP contribution in [0.2, 0.25) is 0 Å². The number of nitrogens with zero attached hydrogens (tertiary/aromatic N) is 1. The fourth-order valence-electron chi connectivity index (χ4n) is 1.64. The Balaban J connectivity index is 2.38. The van der Waals surface area contributed by atoms with E-state index in [-0.39, 0.29) is 6.03 Å². The Morgan fingerprint density at radius 3 is 2.28 bits per heavy atom. The van der Waals surface area contributed by atoms with E-state index < -0.39 is 0 Å². The minimum atomic E-state index is -0.0934. The second kappa shape index (κ2) is 8.11. The Morgan fingerprint density at radius 1 is 1.28 bits per heavy atom. The van der Waals surface area contributed by atoms with Gasteiger partial charge >= 0.3 is 6.03 Å². The topological polar surface area (TPSA) is 50.8 Å². The number of rotatable bonds is 8. The molecule has 0 aliphatic heterocycles. The molecule has 0 spiro atoms. The minimum absolute atomic E-state index is 0.0934. The second-order valence-corrected chi connectivity index (χ2v) is 4.58. The molecule has 1 rings (SSSR count). The van der Waals surface area contributed by atoms with E-state index >= 15 is 0 Å². The maximum atomic E-state index is 12.0. The normalized spacial score (nSPS) is 15.6. The summed E-state index contributed by atoms with van der Waals surface area (Å²) in [5, 5.41) is 2.84. The van der Waals surface area contributed by atoms with Gasteiger partial charge in [0.05, 0.1) is 13.2 Å². The quantitative estimate of drug-likeness (QED) is 0.717. The maximum absolute atomic E-state index is 12.0. The van der Waals surface area contributed by atoms with E-state index in [2.05, 4.69) is 12.2 Å². The van der Waals surface area contributed by atoms with E-state index in [1.165, 1.54) is 18.4 Å². The number of carbonyl (C=O) groups excluding carboxylic acids is 1. The molecule has 0 aromatic rings. The molecule has 104 valence electrons. The van der Waals surface area contributed by atoms with Crippen molar-refractivity contribution in [3.63, 3.8) is 0 Å². The van der Waals surface area contributed by atoms with Gasteiger partial charge in [-0.15, -0.1) is 0 Å². The highest BCUT2D eigenvalue weighted by atomic mass is 16.5. The first-order chi connectivity index (χ1) is 8.69. The number of hydrogen-bond acceptors (Lipinski definition) is 3. The molecule has 1 aliphatic rings. The van der Waals surface area contributed by atoms with Gasteiger partial charge in [-0.25, -0.2) is 4.79 Å². The average molecular weight is 256 g/mol. The van der Waals surface area contributed by atoms with Gasteiger partial charge < -0.3 is 19.7 Å². The molecule has 0 radical (unpaired) electrons. The zero-order chi connectivity index (χ0) is 13.4. The summed E-state index contributed by atoms with van der Waals surface area (Å²) < 4.78 is 10.00. The fourth-order valence-corrected chi connectivity index (χ4v) is 1.64. The van der Waals surface area contributed by atoms with Crippen LogP contribution in [0, 0.1) is 5.92 Å². The molecule has 2 amide bonds. The molecular weight excluding hydrogens is 232 g/mol. The molecule has 0 unspecified atom stereocenters. The smallest absolute Gasteiger partial charge is 0.321 e. The van der Waals surface area contributed by atoms with Crippen LogP contribution in [0.4, 0.5) is 4.79 Å². The number of carbonyl (C=O) groups is 1. The van der Waals surface area contributed by atoms with Crippen molar-refractivity contribution < 1.29 is 14.3 Å². The third-order valence-corrected chi connectivity index (χ3v) is 3.06. The van der Waals surface area contributed by atoms with E-state index in [4.69, 9.17) is 9.47 Å². The Morgan fingerprint density at radius 2 is 1.83 bits per heavy atom. The summed E-state index contributed by atoms with van der Waals surface area (Å²) in [5.41, 5.74) is 1.25. The number of methoxy groups -OCH3 is 2. The Bertz CT molecular complexity index is 280. The average Bonchev–Trinajstić information content (AvgIpc) is 3.20. The highest BCUT2D eigenvalue weighted by Crippen LogP contribution is 2.35. The summed E-state index contributed by atoms with van der Waals surface area (Å²) in [7, 11) is 3.26. The van der Waals surface area contributed by atoms with E-state index in [0.29, 0.717) is 32.2 Å². The molecule has 5 nitrogen and oxygen atoms in total. The van der Waals surface area contributed by atoms with Crippen LogP contribution >= 0.6 is 0 Å². The zero-order valence-electron chi connectivity index (χ0n) is 11.6. The van der Waals surface area contributed by atoms with Gasteiger partial charge in [0.15, 0.2) is 0 Å². The van der Waals surface area contributed by atoms with Gasteiger partial charge in [-0.05, 0) is 25.7 Å². The molecule has 5 heteroatoms. The van der Waals surface area contributed by atoms with E-state index in [1.54, 1.807) is 19.1 Å². The van der Waals surface area contributed by atoms with Crippen molar-refractivity contribution in [2.45, 2.75) is 19.8 Å². The van der Waals surface area contributed by atoms with Gasteiger partial charge in [0.25, 0.3) is 0 Å². The summed E-state index contributed by atoms with van der Waals surface area (Å²) in [4.78, 5) is 13.7. The van der Waals surface area contributed by atoms with Gasteiger partial charge in [-0.1, -0.05) is 5.57 Å². The lowest BCUT2D eigenvalue weighted by molar-refractivity contribution is 0.123. The molecule has 0 atom stereocenters. The minimum Gasteiger partial charge on any atom is -0.383 e. The standard InChI is InChI=1S/C13H24N2O3/c1-11(12-4-5-12)10-14-13(16)15(6-8-17-2)7-9-18-3/h10,12H,4-9H2,1-3H3,(H,14,16)/b11-10+. The fraction of sp³-hybridized carbons (Fsp3) is 0.769. The number of urea groups is 1. The number of amides is 2. The highest BCUT2D eigenvalue weighted by molar-refractivity contribution is 5.75. The van der Waals surface area contributed by atoms with Crippen molar-refractivity contribution in [1.82, 2.24) is 10.2 Å². The highest BCUT2D eigenvalue weighted by Gasteiger charge is 2.23. The van der Waals surface area contributed by atoms with Crippen LogP contribution in [0.1, 0.15) is 19.8 Å². The van der Waals surface area contributed by atoms with Crippen LogP contribution in [-0.2, 0) is 9.47 Å². The first-order valence-corrected chi connectivity index (χ1v) is 6.39. The van der Waals surface area contributed by atoms with Crippen molar-refractivity contribution in [1.29, 1.82) is 0 Å². The van der Waals surface area contributed by atoms with Crippen molar-refractivity contribution >= 4 is 6.03 Å². The summed E-state index contributed by atoms with van der Waals surface area (Å²) in [5.74, 6) is 0.678. The van der Waals surface area contributed by atoms with Gasteiger partial charge in [0.2, 0.25) is 0 Å². The van der Waals surface area contributed by atoms with Crippen molar-refractivity contribution in [3.8, 4) is 0 Å². The third kappa shape index (κ3) is 5.51. The molecule has 0 aromatic heterocycles. The monoisotopic (exact) mass is 256 g/mol. The van der Waals surface area contributed by atoms with Crippen LogP contribution in [0.25, 0.3) is 0 Å². The van der Waals surface area contributed by atoms with Crippen LogP contribution in [0.3, 0.4) is 0 Å². The lowest BCUT2D eigenvalue weighted by Gasteiger charge is -2.21. The Labute approximate surface area is 109 Å². The summed E-state index contributed by atoms with van der Waals surface area (Å²) in [6, 6.07) is -0.0934. The summed E-state index contributed by atoms with van der Waals surface area (Å²) in [6.45, 7) is 4.27. The van der Waals surface area contributed by atoms with Crippen LogP contribution < -0.4 is 5.32 Å². The molecule has 1 N–H and O–H groups in total. The SMILES string of the molecule is COCCN(CCOC)C(=O)N/C=C(\C)C1CC1. The predicted octanol–water partition coefficient (Wildman–Crippen LogP) is 1.60. The second-order valence-electron chi connectivity index (χ2n) is 4.58. The molecule has 1 saturated carbocycles. The van der Waals surface area contributed by atoms with Crippen molar-refractivity contribution in [3.05, 3.63) is 11.8 Å². The zero-order valence-corrected chi connectivity index (χ0v) is 11.6. The van der Waals surface area contributed by atoms with E-state index in [9.17, 15) is 4.79 Å². The summed E-state index contributed by atoms with van der Waals surface area (Å²) >= 11 is 0. The molecule has 18 heavy (non-hydrogen) atoms. The first kappa shape index (κ1) is 15.0. The number of ether oxygens (including phenoxy) is 2. The largest absolute Gasteiger partial charge is 0.383 e. The van der Waals surface area contributed by atoms with Gasteiger partial charge in [0, 0.05) is 33.5 Å². The first-order valence-electron chi connectivity index (χ1n) is 6.39. The number of nitrogens with one attached hydrogen (secondary N) is 1. The molecule has 0 saturated heterocycles. The van der Waals surface area contributed by atoms with Crippen molar-refractivity contribution in [2.75, 3.05) is 40.5 Å². The maximum Gasteiger partial charge on any atom is 0.321 e. The Kier molecular flexibility index (Phi) is 6.75. The lowest BCUT2D eigenvalue weighted by atomic mass is 10.2. The predicted molar refractivity (Wildman–Crippen MR) is 70.3 cm³/mol. The van der Waals surface area contributed by atoms with Crippen molar-refractivity contribution in [2.24, 2.45) is 5.92 Å². The van der Waals surface area contributed by atoms with Gasteiger partial charge in [0.1, 0.15) is 0 Å². The van der Waals surface area contributed by atoms with Crippen LogP contribution in [0.15, 0.2) is 11.8 Å². The molecule has 0 bridgehead atoms. The third-order valence-electron chi connectivity index (χ3n) is 3.06. The number of hydrogen-bond donors (Lipinski definition) is 1. The van der Waals surface area contributed by atoms with Gasteiger partial charge in [-0.2, -0.15) is 0 Å². The molecule has 0 heterocycles. The Hall–Kier alpha value is -1.07. The van der Waals surface area contributed by atoms with Crippen LogP contribution in [-0.4, -0.2) is 51.5 Å². The van der Waals surface area contributed by atoms with Gasteiger partial charge in [-0.3, -0.25) is 0 Å². The molecule has 1 aliphatic carbocycles. The molecule has 0 aromatic carbocycles. The van der Waals surface area contributed by atoms with E-state index in [0.717, 1.165) is 0 Å². The lowest BCUT2D eigenvalue weighted by Crippen LogP contribution is -2.41. The number of allylic oxidation sites excluding steroid dienone is 1. The summed E-state index contributed by atoms with van der Waals surface area (Å²) in [6.07, 6.45) is 4.32. The van der Waals surface area contributed by atoms with E-state index in [1.807, 2.05) is 6.20 Å².